The number of piperazine rings is 1. The molecule has 3 heterocycles. The van der Waals surface area contributed by atoms with E-state index in [-0.39, 0.29) is 18.3 Å². The van der Waals surface area contributed by atoms with Crippen LogP contribution in [0.3, 0.4) is 0 Å². The molecule has 0 atom stereocenters. The highest BCUT2D eigenvalue weighted by molar-refractivity contribution is 5.87. The van der Waals surface area contributed by atoms with Gasteiger partial charge in [0.05, 0.1) is 5.69 Å². The summed E-state index contributed by atoms with van der Waals surface area (Å²) >= 11 is 0. The number of urea groups is 1. The van der Waals surface area contributed by atoms with E-state index in [0.29, 0.717) is 17.0 Å². The van der Waals surface area contributed by atoms with Gasteiger partial charge >= 0.3 is 18.2 Å². The van der Waals surface area contributed by atoms with Gasteiger partial charge in [-0.1, -0.05) is 6.07 Å². The third-order valence-electron chi connectivity index (χ3n) is 5.01. The van der Waals surface area contributed by atoms with Crippen LogP contribution >= 0.6 is 0 Å². The number of carboxylic acids is 1. The molecule has 1 aromatic carbocycles. The number of rotatable bonds is 4. The Morgan fingerprint density at radius 3 is 2.42 bits per heavy atom. The van der Waals surface area contributed by atoms with E-state index in [0.717, 1.165) is 37.6 Å². The number of fused-ring (bicyclic) bond motifs is 1. The molecule has 0 bridgehead atoms. The number of alkyl halides is 3. The zero-order valence-corrected chi connectivity index (χ0v) is 19.4. The first-order chi connectivity index (χ1) is 16.9. The fourth-order valence-corrected chi connectivity index (χ4v) is 3.37. The maximum Gasteiger partial charge on any atom is 0.490 e. The summed E-state index contributed by atoms with van der Waals surface area (Å²) in [5.41, 5.74) is 2.96. The maximum absolute atomic E-state index is 14.5. The number of amides is 2. The second kappa shape index (κ2) is 11.2. The lowest BCUT2D eigenvalue weighted by molar-refractivity contribution is -0.192. The van der Waals surface area contributed by atoms with Gasteiger partial charge in [0.1, 0.15) is 5.82 Å². The summed E-state index contributed by atoms with van der Waals surface area (Å²) in [6.45, 7) is 7.18. The number of halogens is 4. The molecule has 0 radical (unpaired) electrons. The number of aryl methyl sites for hydroxylation is 2. The zero-order valence-electron chi connectivity index (χ0n) is 19.4. The average molecular weight is 512 g/mol. The average Bonchev–Trinajstić information content (AvgIpc) is 3.20. The standard InChI is InChI=1S/C19H23FN8O.C2HF3O2/c1-12-9-13(2)28-18(23-12)24-17(26-28)25-19(29)22-11-14-3-4-16(15(20)10-14)27-7-5-21-6-8-27;3-2(4,5)1(6)7/h3-4,9-10,21H,5-8,11H2,1-2H3,(H2,22,25,26,29);(H,6,7). The normalized spacial score (nSPS) is 13.7. The lowest BCUT2D eigenvalue weighted by Gasteiger charge is -2.29. The highest BCUT2D eigenvalue weighted by atomic mass is 19.4. The van der Waals surface area contributed by atoms with Gasteiger partial charge in [0, 0.05) is 44.1 Å². The Morgan fingerprint density at radius 1 is 1.14 bits per heavy atom. The number of benzene rings is 1. The monoisotopic (exact) mass is 512 g/mol. The summed E-state index contributed by atoms with van der Waals surface area (Å²) in [5.74, 6) is -2.47. The van der Waals surface area contributed by atoms with Crippen LogP contribution in [0.1, 0.15) is 17.0 Å². The van der Waals surface area contributed by atoms with Gasteiger partial charge in [-0.05, 0) is 37.6 Å². The van der Waals surface area contributed by atoms with E-state index in [1.165, 1.54) is 6.07 Å². The number of nitrogens with zero attached hydrogens (tertiary/aromatic N) is 5. The topological polar surface area (TPSA) is 137 Å². The predicted octanol–water partition coefficient (Wildman–Crippen LogP) is 2.24. The summed E-state index contributed by atoms with van der Waals surface area (Å²) in [6.07, 6.45) is -5.08. The van der Waals surface area contributed by atoms with Crippen molar-refractivity contribution < 1.29 is 32.3 Å². The number of nitrogens with one attached hydrogen (secondary N) is 3. The minimum Gasteiger partial charge on any atom is -0.475 e. The first-order valence-corrected chi connectivity index (χ1v) is 10.7. The number of carboxylic acid groups (broad SMARTS) is 1. The zero-order chi connectivity index (χ0) is 26.5. The first-order valence-electron chi connectivity index (χ1n) is 10.7. The molecule has 11 nitrogen and oxygen atoms in total. The third-order valence-corrected chi connectivity index (χ3v) is 5.01. The second-order valence-corrected chi connectivity index (χ2v) is 7.82. The van der Waals surface area contributed by atoms with Crippen LogP contribution < -0.4 is 20.9 Å². The van der Waals surface area contributed by atoms with Gasteiger partial charge in [-0.2, -0.15) is 22.7 Å². The maximum atomic E-state index is 14.5. The molecule has 194 valence electrons. The number of aliphatic carboxylic acids is 1. The Morgan fingerprint density at radius 2 is 1.81 bits per heavy atom. The Labute approximate surface area is 202 Å². The summed E-state index contributed by atoms with van der Waals surface area (Å²) < 4.78 is 47.8. The van der Waals surface area contributed by atoms with Crippen molar-refractivity contribution in [3.63, 3.8) is 0 Å². The van der Waals surface area contributed by atoms with Crippen LogP contribution in [-0.4, -0.2) is 69.0 Å². The van der Waals surface area contributed by atoms with Crippen molar-refractivity contribution in [2.45, 2.75) is 26.6 Å². The van der Waals surface area contributed by atoms with Gasteiger partial charge in [0.15, 0.2) is 0 Å². The fourth-order valence-electron chi connectivity index (χ4n) is 3.37. The molecule has 15 heteroatoms. The highest BCUT2D eigenvalue weighted by Gasteiger charge is 2.38. The number of anilines is 2. The van der Waals surface area contributed by atoms with Gasteiger partial charge in [0.2, 0.25) is 0 Å². The lowest BCUT2D eigenvalue weighted by Crippen LogP contribution is -2.43. The van der Waals surface area contributed by atoms with Crippen molar-refractivity contribution in [1.82, 2.24) is 30.2 Å². The van der Waals surface area contributed by atoms with Crippen LogP contribution in [0.5, 0.6) is 0 Å². The van der Waals surface area contributed by atoms with E-state index in [1.807, 2.05) is 30.9 Å². The molecule has 1 fully saturated rings. The largest absolute Gasteiger partial charge is 0.490 e. The molecule has 1 saturated heterocycles. The summed E-state index contributed by atoms with van der Waals surface area (Å²) in [4.78, 5) is 31.6. The number of hydrogen-bond donors (Lipinski definition) is 4. The molecular weight excluding hydrogens is 488 g/mol. The van der Waals surface area contributed by atoms with Gasteiger partial charge < -0.3 is 20.6 Å². The minimum atomic E-state index is -5.08. The van der Waals surface area contributed by atoms with Crippen LogP contribution in [0.2, 0.25) is 0 Å². The van der Waals surface area contributed by atoms with Gasteiger partial charge in [-0.3, -0.25) is 5.32 Å². The van der Waals surface area contributed by atoms with Crippen LogP contribution in [0.4, 0.5) is 34.0 Å². The summed E-state index contributed by atoms with van der Waals surface area (Å²) in [7, 11) is 0. The van der Waals surface area contributed by atoms with E-state index < -0.39 is 18.2 Å². The van der Waals surface area contributed by atoms with Gasteiger partial charge in [-0.25, -0.2) is 19.0 Å². The predicted molar refractivity (Wildman–Crippen MR) is 121 cm³/mol. The Hall–Kier alpha value is -4.01. The smallest absolute Gasteiger partial charge is 0.475 e. The minimum absolute atomic E-state index is 0.156. The van der Waals surface area contributed by atoms with Crippen molar-refractivity contribution in [2.75, 3.05) is 36.4 Å². The van der Waals surface area contributed by atoms with E-state index in [4.69, 9.17) is 9.90 Å². The Kier molecular flexibility index (Phi) is 8.24. The quantitative estimate of drug-likeness (QED) is 0.391. The molecule has 0 saturated carbocycles. The van der Waals surface area contributed by atoms with Crippen molar-refractivity contribution in [2.24, 2.45) is 0 Å². The van der Waals surface area contributed by atoms with Gasteiger partial charge in [-0.15, -0.1) is 5.10 Å². The fraction of sp³-hybridized carbons (Fsp3) is 0.381. The Balaban J connectivity index is 0.000000454. The molecule has 4 rings (SSSR count). The molecule has 0 aliphatic carbocycles. The molecule has 0 spiro atoms. The number of aromatic nitrogens is 4. The van der Waals surface area contributed by atoms with E-state index in [9.17, 15) is 22.4 Å². The molecule has 0 unspecified atom stereocenters. The van der Waals surface area contributed by atoms with Crippen LogP contribution in [0, 0.1) is 19.7 Å². The van der Waals surface area contributed by atoms with Crippen LogP contribution in [0.25, 0.3) is 5.78 Å². The molecule has 4 N–H and O–H groups in total. The number of hydrogen-bond acceptors (Lipinski definition) is 7. The molecule has 36 heavy (non-hydrogen) atoms. The molecule has 1 aliphatic rings. The molecule has 2 amide bonds. The highest BCUT2D eigenvalue weighted by Crippen LogP contribution is 2.21. The first kappa shape index (κ1) is 26.6. The second-order valence-electron chi connectivity index (χ2n) is 7.82. The Bertz CT molecular complexity index is 1240. The lowest BCUT2D eigenvalue weighted by atomic mass is 10.1. The van der Waals surface area contributed by atoms with Crippen LogP contribution in [0.15, 0.2) is 24.3 Å². The summed E-state index contributed by atoms with van der Waals surface area (Å²) in [5, 5.41) is 19.9. The van der Waals surface area contributed by atoms with E-state index >= 15 is 0 Å². The van der Waals surface area contributed by atoms with E-state index in [1.54, 1.807) is 10.6 Å². The third kappa shape index (κ3) is 7.00. The van der Waals surface area contributed by atoms with Crippen LogP contribution in [-0.2, 0) is 11.3 Å². The van der Waals surface area contributed by atoms with Crippen molar-refractivity contribution >= 4 is 29.4 Å². The molecule has 2 aromatic heterocycles. The van der Waals surface area contributed by atoms with E-state index in [2.05, 4.69) is 31.0 Å². The van der Waals surface area contributed by atoms with Crippen molar-refractivity contribution in [3.05, 3.63) is 47.0 Å². The molecule has 3 aromatic rings. The van der Waals surface area contributed by atoms with Gasteiger partial charge in [0.25, 0.3) is 11.7 Å². The number of carbonyl (C=O) groups is 2. The SMILES string of the molecule is Cc1cc(C)n2nc(NC(=O)NCc3ccc(N4CCNCC4)c(F)c3)nc2n1.O=C(O)C(F)(F)F. The number of carbonyl (C=O) groups excluding carboxylic acids is 1. The molecule has 1 aliphatic heterocycles. The summed E-state index contributed by atoms with van der Waals surface area (Å²) in [6, 6.07) is 6.44. The van der Waals surface area contributed by atoms with Crippen molar-refractivity contribution in [1.29, 1.82) is 0 Å². The van der Waals surface area contributed by atoms with Crippen molar-refractivity contribution in [3.8, 4) is 0 Å². The molecular formula is C21H24F4N8O3.